The molecule has 0 saturated carbocycles. The fourth-order valence-corrected chi connectivity index (χ4v) is 5.10. The summed E-state index contributed by atoms with van der Waals surface area (Å²) in [4.78, 5) is 16.0. The van der Waals surface area contributed by atoms with Gasteiger partial charge in [0.15, 0.2) is 12.5 Å². The predicted octanol–water partition coefficient (Wildman–Crippen LogP) is 3.83. The van der Waals surface area contributed by atoms with E-state index >= 15 is 0 Å². The lowest BCUT2D eigenvalue weighted by molar-refractivity contribution is -0.698. The number of carbonyl (C=O) groups excluding carboxylic acids is 1. The number of benzene rings is 2. The highest BCUT2D eigenvalue weighted by Gasteiger charge is 2.34. The van der Waals surface area contributed by atoms with Crippen molar-refractivity contribution in [2.45, 2.75) is 26.5 Å². The molecule has 0 bridgehead atoms. The van der Waals surface area contributed by atoms with E-state index in [1.807, 2.05) is 47.4 Å². The van der Waals surface area contributed by atoms with Crippen LogP contribution in [0.1, 0.15) is 6.92 Å². The number of rotatable bonds is 7. The lowest BCUT2D eigenvalue weighted by atomic mass is 10.2. The lowest BCUT2D eigenvalue weighted by Crippen LogP contribution is -2.48. The van der Waals surface area contributed by atoms with Crippen molar-refractivity contribution < 1.29 is 23.6 Å². The van der Waals surface area contributed by atoms with E-state index < -0.39 is 0 Å². The summed E-state index contributed by atoms with van der Waals surface area (Å²) in [7, 11) is 0. The van der Waals surface area contributed by atoms with Crippen LogP contribution in [0.3, 0.4) is 0 Å². The molecule has 2 saturated heterocycles. The topological polar surface area (TPSA) is 60.0 Å². The van der Waals surface area contributed by atoms with Crippen LogP contribution in [-0.4, -0.2) is 61.1 Å². The van der Waals surface area contributed by atoms with E-state index in [2.05, 4.69) is 20.2 Å². The smallest absolute Gasteiger partial charge is 0.295 e. The Kier molecular flexibility index (Phi) is 7.67. The van der Waals surface area contributed by atoms with Crippen LogP contribution in [0, 0.1) is 0 Å². The van der Waals surface area contributed by atoms with Crippen LogP contribution in [0.2, 0.25) is 10.0 Å². The second-order valence-electron chi connectivity index (χ2n) is 8.77. The molecule has 1 amide bonds. The van der Waals surface area contributed by atoms with Gasteiger partial charge in [0, 0.05) is 38.1 Å². The minimum absolute atomic E-state index is 0.0941. The largest absolute Gasteiger partial charge is 0.454 e. The summed E-state index contributed by atoms with van der Waals surface area (Å²) >= 11 is 12.9. The molecule has 0 spiro atoms. The number of hydrogen-bond acceptors (Lipinski definition) is 5. The third-order valence-electron chi connectivity index (χ3n) is 6.44. The Labute approximate surface area is 220 Å². The maximum absolute atomic E-state index is 11.9. The first-order valence-corrected chi connectivity index (χ1v) is 12.7. The van der Waals surface area contributed by atoms with Crippen molar-refractivity contribution in [2.24, 2.45) is 0 Å². The van der Waals surface area contributed by atoms with Gasteiger partial charge in [-0.2, -0.15) is 4.57 Å². The SMILES string of the molecule is CC(=O)N1CCN(c2c[n+](CC3OCCO3)c(-c3ccc(Cl)cc3Cl)n2COc2ccccc2)CC1. The molecule has 1 aromatic heterocycles. The molecule has 190 valence electrons. The molecule has 3 aromatic rings. The van der Waals surface area contributed by atoms with Gasteiger partial charge in [-0.1, -0.05) is 41.4 Å². The van der Waals surface area contributed by atoms with Gasteiger partial charge >= 0.3 is 0 Å². The number of carbonyl (C=O) groups is 1. The molecule has 0 radical (unpaired) electrons. The van der Waals surface area contributed by atoms with Gasteiger partial charge in [-0.15, -0.1) is 0 Å². The number of halogens is 2. The predicted molar refractivity (Wildman–Crippen MR) is 137 cm³/mol. The normalized spacial score (nSPS) is 16.5. The molecule has 8 nitrogen and oxygen atoms in total. The summed E-state index contributed by atoms with van der Waals surface area (Å²) in [5.41, 5.74) is 0.823. The average Bonchev–Trinajstić information content (AvgIpc) is 3.52. The monoisotopic (exact) mass is 531 g/mol. The zero-order valence-electron chi connectivity index (χ0n) is 20.1. The lowest BCUT2D eigenvalue weighted by Gasteiger charge is -2.33. The molecule has 36 heavy (non-hydrogen) atoms. The van der Waals surface area contributed by atoms with Crippen LogP contribution in [0.4, 0.5) is 5.82 Å². The van der Waals surface area contributed by atoms with Crippen molar-refractivity contribution in [3.63, 3.8) is 0 Å². The van der Waals surface area contributed by atoms with Gasteiger partial charge in [-0.05, 0) is 30.3 Å². The maximum atomic E-state index is 11.9. The number of amides is 1. The minimum atomic E-state index is -0.354. The Morgan fingerprint density at radius 2 is 1.78 bits per heavy atom. The van der Waals surface area contributed by atoms with E-state index in [-0.39, 0.29) is 18.9 Å². The van der Waals surface area contributed by atoms with Crippen molar-refractivity contribution >= 4 is 34.9 Å². The van der Waals surface area contributed by atoms with Gasteiger partial charge in [0.25, 0.3) is 5.82 Å². The minimum Gasteiger partial charge on any atom is -0.454 e. The van der Waals surface area contributed by atoms with Gasteiger partial charge in [-0.3, -0.25) is 4.79 Å². The number of anilines is 1. The van der Waals surface area contributed by atoms with Crippen LogP contribution in [0.25, 0.3) is 11.4 Å². The highest BCUT2D eigenvalue weighted by atomic mass is 35.5. The zero-order chi connectivity index (χ0) is 25.1. The molecule has 2 aliphatic heterocycles. The summed E-state index contributed by atoms with van der Waals surface area (Å²) < 4.78 is 22.0. The molecule has 0 unspecified atom stereocenters. The van der Waals surface area contributed by atoms with Crippen LogP contribution >= 0.6 is 23.2 Å². The van der Waals surface area contributed by atoms with Gasteiger partial charge in [0.1, 0.15) is 12.3 Å². The second-order valence-corrected chi connectivity index (χ2v) is 9.61. The summed E-state index contributed by atoms with van der Waals surface area (Å²) in [6.07, 6.45) is 1.73. The number of imidazole rings is 1. The molecule has 5 rings (SSSR count). The zero-order valence-corrected chi connectivity index (χ0v) is 21.6. The van der Waals surface area contributed by atoms with Gasteiger partial charge in [0.2, 0.25) is 18.5 Å². The molecule has 2 aromatic carbocycles. The maximum Gasteiger partial charge on any atom is 0.295 e. The van der Waals surface area contributed by atoms with Crippen LogP contribution in [0.5, 0.6) is 5.75 Å². The first-order valence-electron chi connectivity index (χ1n) is 12.0. The third-order valence-corrected chi connectivity index (χ3v) is 6.98. The summed E-state index contributed by atoms with van der Waals surface area (Å²) in [6.45, 7) is 6.24. The Hall–Kier alpha value is -2.78. The summed E-state index contributed by atoms with van der Waals surface area (Å²) in [5, 5.41) is 1.11. The quantitative estimate of drug-likeness (QED) is 0.433. The molecular weight excluding hydrogens is 503 g/mol. The van der Waals surface area contributed by atoms with E-state index in [0.717, 1.165) is 23.0 Å². The van der Waals surface area contributed by atoms with E-state index in [1.54, 1.807) is 13.0 Å². The van der Waals surface area contributed by atoms with Gasteiger partial charge in [0.05, 0.1) is 23.8 Å². The molecule has 3 heterocycles. The summed E-state index contributed by atoms with van der Waals surface area (Å²) in [6, 6.07) is 15.2. The fraction of sp³-hybridized carbons (Fsp3) is 0.385. The number of para-hydroxylation sites is 1. The Bertz CT molecular complexity index is 1210. The van der Waals surface area contributed by atoms with Crippen LogP contribution < -0.4 is 14.2 Å². The van der Waals surface area contributed by atoms with Crippen molar-refractivity contribution in [1.82, 2.24) is 9.47 Å². The molecule has 2 aliphatic rings. The second kappa shape index (κ2) is 11.1. The van der Waals surface area contributed by atoms with E-state index in [9.17, 15) is 4.79 Å². The molecule has 2 fully saturated rings. The Morgan fingerprint density at radius 1 is 1.06 bits per heavy atom. The Morgan fingerprint density at radius 3 is 2.44 bits per heavy atom. The Balaban J connectivity index is 1.57. The fourth-order valence-electron chi connectivity index (χ4n) is 4.60. The third kappa shape index (κ3) is 5.47. The standard InChI is InChI=1S/C26H29Cl2N4O4/c1-19(33)29-9-11-30(12-10-29)24-16-31(17-25-34-13-14-35-25)26(22-8-7-20(27)15-23(22)28)32(24)18-36-21-5-3-2-4-6-21/h2-8,15-16,25H,9-14,17-18H2,1H3/q+1. The number of hydrogen-bond donors (Lipinski definition) is 0. The molecule has 0 atom stereocenters. The molecule has 10 heteroatoms. The molecule has 0 aliphatic carbocycles. The number of aromatic nitrogens is 2. The number of ether oxygens (including phenoxy) is 3. The highest BCUT2D eigenvalue weighted by molar-refractivity contribution is 6.36. The highest BCUT2D eigenvalue weighted by Crippen LogP contribution is 2.32. The van der Waals surface area contributed by atoms with E-state index in [4.69, 9.17) is 37.4 Å². The van der Waals surface area contributed by atoms with E-state index in [0.29, 0.717) is 56.0 Å². The van der Waals surface area contributed by atoms with Crippen molar-refractivity contribution in [2.75, 3.05) is 44.3 Å². The van der Waals surface area contributed by atoms with Crippen LogP contribution in [-0.2, 0) is 27.5 Å². The van der Waals surface area contributed by atoms with Gasteiger partial charge in [-0.25, -0.2) is 4.57 Å². The van der Waals surface area contributed by atoms with Crippen LogP contribution in [0.15, 0.2) is 54.7 Å². The molecule has 0 N–H and O–H groups in total. The van der Waals surface area contributed by atoms with Gasteiger partial charge < -0.3 is 24.0 Å². The van der Waals surface area contributed by atoms with Crippen molar-refractivity contribution in [1.29, 1.82) is 0 Å². The van der Waals surface area contributed by atoms with E-state index in [1.165, 1.54) is 0 Å². The van der Waals surface area contributed by atoms with Crippen molar-refractivity contribution in [3.8, 4) is 17.1 Å². The molecular formula is C26H29Cl2N4O4+. The first-order chi connectivity index (χ1) is 17.5. The first kappa shape index (κ1) is 24.9. The van der Waals surface area contributed by atoms with Crippen molar-refractivity contribution in [3.05, 3.63) is 64.8 Å². The summed E-state index contributed by atoms with van der Waals surface area (Å²) in [5.74, 6) is 2.68. The number of nitrogens with zero attached hydrogens (tertiary/aromatic N) is 4. The number of piperazine rings is 1. The average molecular weight is 532 g/mol.